The van der Waals surface area contributed by atoms with Gasteiger partial charge in [0.1, 0.15) is 11.0 Å². The van der Waals surface area contributed by atoms with Crippen molar-refractivity contribution < 1.29 is 9.18 Å². The molecular weight excluding hydrogens is 365 g/mol. The van der Waals surface area contributed by atoms with Crippen LogP contribution >= 0.6 is 11.6 Å². The van der Waals surface area contributed by atoms with E-state index in [1.165, 1.54) is 10.9 Å². The van der Waals surface area contributed by atoms with Gasteiger partial charge < -0.3 is 5.32 Å². The smallest absolute Gasteiger partial charge is 0.256 e. The Labute approximate surface area is 163 Å². The van der Waals surface area contributed by atoms with E-state index in [1.807, 2.05) is 0 Å². The van der Waals surface area contributed by atoms with Gasteiger partial charge in [-0.15, -0.1) is 0 Å². The normalized spacial score (nSPS) is 40.5. The number of carbonyl (C=O) groups is 1. The summed E-state index contributed by atoms with van der Waals surface area (Å²) < 4.78 is 15.4. The Morgan fingerprint density at radius 1 is 1.52 bits per heavy atom. The van der Waals surface area contributed by atoms with E-state index >= 15 is 0 Å². The van der Waals surface area contributed by atoms with Crippen molar-refractivity contribution in [3.8, 4) is 0 Å². The van der Waals surface area contributed by atoms with E-state index in [2.05, 4.69) is 23.4 Å². The number of carbonyl (C=O) groups excluding carboxylic acids is 1. The number of rotatable bonds is 5. The lowest BCUT2D eigenvalue weighted by molar-refractivity contribution is 0.0848. The van der Waals surface area contributed by atoms with E-state index in [4.69, 9.17) is 11.6 Å². The lowest BCUT2D eigenvalue weighted by atomic mass is 9.77. The zero-order valence-corrected chi connectivity index (χ0v) is 16.5. The first-order chi connectivity index (χ1) is 13.0. The third kappa shape index (κ3) is 2.09. The molecule has 4 nitrogen and oxygen atoms in total. The Balaban J connectivity index is 1.51. The number of nitrogens with one attached hydrogen (secondary N) is 1. The van der Waals surface area contributed by atoms with E-state index in [9.17, 15) is 9.18 Å². The van der Waals surface area contributed by atoms with Gasteiger partial charge in [0.15, 0.2) is 0 Å². The molecule has 1 heterocycles. The fourth-order valence-corrected chi connectivity index (χ4v) is 7.00. The molecule has 0 aliphatic heterocycles. The van der Waals surface area contributed by atoms with Crippen LogP contribution in [-0.2, 0) is 7.05 Å². The predicted molar refractivity (Wildman–Crippen MR) is 102 cm³/mol. The van der Waals surface area contributed by atoms with Crippen LogP contribution in [0.15, 0.2) is 30.3 Å². The number of aryl methyl sites for hydroxylation is 1. The summed E-state index contributed by atoms with van der Waals surface area (Å²) in [6.45, 7) is 2.21. The van der Waals surface area contributed by atoms with Crippen molar-refractivity contribution in [2.75, 3.05) is 0 Å². The first-order valence-corrected chi connectivity index (χ1v) is 10.4. The lowest BCUT2D eigenvalue weighted by Crippen LogP contribution is -2.52. The van der Waals surface area contributed by atoms with Crippen molar-refractivity contribution in [3.63, 3.8) is 0 Å². The van der Waals surface area contributed by atoms with Crippen LogP contribution in [0, 0.1) is 29.1 Å². The number of hydrogen-bond acceptors (Lipinski definition) is 2. The number of halogens is 2. The molecule has 1 spiro atoms. The van der Waals surface area contributed by atoms with Gasteiger partial charge in [-0.3, -0.25) is 9.48 Å². The molecule has 144 valence electrons. The molecule has 2 bridgehead atoms. The standard InChI is InChI=1S/C21H25ClFN3O/c1-3-4-5-15-14-7-9-21(15,17-16-10-12(23)6-8-20(14,16)17)25-19(27)13-11-24-26(2)18(13)22/h6,8,10-11,14-17H,3-5,7,9H2,1-2H3,(H,25,27). The van der Waals surface area contributed by atoms with Crippen LogP contribution in [0.2, 0.25) is 5.15 Å². The minimum atomic E-state index is -0.258. The molecule has 6 unspecified atom stereocenters. The minimum absolute atomic E-state index is 0.0538. The monoisotopic (exact) mass is 389 g/mol. The topological polar surface area (TPSA) is 46.9 Å². The van der Waals surface area contributed by atoms with Crippen LogP contribution in [0.1, 0.15) is 49.4 Å². The van der Waals surface area contributed by atoms with Gasteiger partial charge in [0.25, 0.3) is 5.91 Å². The molecule has 0 radical (unpaired) electrons. The van der Waals surface area contributed by atoms with E-state index in [1.54, 1.807) is 19.2 Å². The van der Waals surface area contributed by atoms with Gasteiger partial charge in [-0.2, -0.15) is 5.10 Å². The van der Waals surface area contributed by atoms with Crippen LogP contribution in [-0.4, -0.2) is 21.2 Å². The van der Waals surface area contributed by atoms with Crippen LogP contribution < -0.4 is 5.32 Å². The SMILES string of the molecule is CCCCC1C2CCC1(NC(=O)c1cnn(C)c1Cl)C1C3C=C(F)C=CC321. The van der Waals surface area contributed by atoms with Gasteiger partial charge in [-0.05, 0) is 55.1 Å². The first kappa shape index (κ1) is 17.5. The summed E-state index contributed by atoms with van der Waals surface area (Å²) in [7, 11) is 1.73. The predicted octanol–water partition coefficient (Wildman–Crippen LogP) is 4.43. The molecular formula is C21H25ClFN3O. The number of aromatic nitrogens is 2. The van der Waals surface area contributed by atoms with Gasteiger partial charge >= 0.3 is 0 Å². The highest BCUT2D eigenvalue weighted by atomic mass is 35.5. The van der Waals surface area contributed by atoms with Crippen molar-refractivity contribution in [1.82, 2.24) is 15.1 Å². The number of amides is 1. The Morgan fingerprint density at radius 2 is 2.33 bits per heavy atom. The molecule has 6 atom stereocenters. The highest BCUT2D eigenvalue weighted by Crippen LogP contribution is 2.83. The molecule has 3 fully saturated rings. The Bertz CT molecular complexity index is 877. The maximum atomic E-state index is 13.9. The largest absolute Gasteiger partial charge is 0.346 e. The Morgan fingerprint density at radius 3 is 3.04 bits per heavy atom. The molecule has 5 rings (SSSR count). The third-order valence-electron chi connectivity index (χ3n) is 7.78. The molecule has 1 amide bonds. The zero-order chi connectivity index (χ0) is 19.0. The second kappa shape index (κ2) is 5.69. The number of unbranched alkanes of at least 4 members (excludes halogenated alkanes) is 1. The number of nitrogens with zero attached hydrogens (tertiary/aromatic N) is 2. The summed E-state index contributed by atoms with van der Waals surface area (Å²) in [5.74, 6) is 1.22. The maximum Gasteiger partial charge on any atom is 0.256 e. The van der Waals surface area contributed by atoms with Crippen LogP contribution in [0.25, 0.3) is 0 Å². The average molecular weight is 390 g/mol. The summed E-state index contributed by atoms with van der Waals surface area (Å²) in [4.78, 5) is 13.1. The van der Waals surface area contributed by atoms with Crippen LogP contribution in [0.3, 0.4) is 0 Å². The summed E-state index contributed by atoms with van der Waals surface area (Å²) in [6, 6.07) is 0. The Kier molecular flexibility index (Phi) is 3.69. The highest BCUT2D eigenvalue weighted by molar-refractivity contribution is 6.32. The number of fused-ring (bicyclic) bond motifs is 4. The summed E-state index contributed by atoms with van der Waals surface area (Å²) in [5, 5.41) is 7.87. The molecule has 3 saturated carbocycles. The number of hydrogen-bond donors (Lipinski definition) is 1. The first-order valence-electron chi connectivity index (χ1n) is 10.0. The molecule has 0 saturated heterocycles. The van der Waals surface area contributed by atoms with Gasteiger partial charge in [-0.25, -0.2) is 4.39 Å². The van der Waals surface area contributed by atoms with Crippen LogP contribution in [0.5, 0.6) is 0 Å². The molecule has 4 aliphatic carbocycles. The fraction of sp³-hybridized carbons (Fsp3) is 0.619. The van der Waals surface area contributed by atoms with Crippen molar-refractivity contribution >= 4 is 17.5 Å². The lowest BCUT2D eigenvalue weighted by Gasteiger charge is -2.36. The number of allylic oxidation sites excluding steroid dienone is 4. The second-order valence-electron chi connectivity index (χ2n) is 8.75. The highest BCUT2D eigenvalue weighted by Gasteiger charge is 2.83. The van der Waals surface area contributed by atoms with Gasteiger partial charge in [0.05, 0.1) is 11.8 Å². The molecule has 1 N–H and O–H groups in total. The molecule has 4 aliphatic rings. The van der Waals surface area contributed by atoms with Crippen molar-refractivity contribution in [2.45, 2.75) is 44.6 Å². The average Bonchev–Trinajstić information content (AvgIpc) is 2.91. The fourth-order valence-electron chi connectivity index (χ4n) is 6.82. The second-order valence-corrected chi connectivity index (χ2v) is 9.11. The zero-order valence-electron chi connectivity index (χ0n) is 15.7. The van der Waals surface area contributed by atoms with E-state index in [0.717, 1.165) is 32.1 Å². The van der Waals surface area contributed by atoms with Gasteiger partial charge in [0, 0.05) is 18.0 Å². The summed E-state index contributed by atoms with van der Waals surface area (Å²) >= 11 is 6.26. The summed E-state index contributed by atoms with van der Waals surface area (Å²) in [5.41, 5.74) is 0.220. The molecule has 1 aromatic heterocycles. The van der Waals surface area contributed by atoms with Gasteiger partial charge in [-0.1, -0.05) is 37.4 Å². The van der Waals surface area contributed by atoms with Gasteiger partial charge in [0.2, 0.25) is 0 Å². The quantitative estimate of drug-likeness (QED) is 0.809. The van der Waals surface area contributed by atoms with Crippen molar-refractivity contribution in [1.29, 1.82) is 0 Å². The van der Waals surface area contributed by atoms with E-state index in [-0.39, 0.29) is 28.6 Å². The molecule has 6 heteroatoms. The van der Waals surface area contributed by atoms with Crippen molar-refractivity contribution in [2.24, 2.45) is 36.1 Å². The van der Waals surface area contributed by atoms with Crippen molar-refractivity contribution in [3.05, 3.63) is 41.0 Å². The summed E-state index contributed by atoms with van der Waals surface area (Å²) in [6.07, 6.45) is 12.6. The Hall–Kier alpha value is -1.62. The van der Waals surface area contributed by atoms with Crippen LogP contribution in [0.4, 0.5) is 4.39 Å². The molecule has 1 aromatic rings. The molecule has 27 heavy (non-hydrogen) atoms. The molecule has 0 aromatic carbocycles. The minimum Gasteiger partial charge on any atom is -0.346 e. The third-order valence-corrected chi connectivity index (χ3v) is 8.22. The van der Waals surface area contributed by atoms with E-state index < -0.39 is 0 Å². The maximum absolute atomic E-state index is 13.9. The van der Waals surface area contributed by atoms with E-state index in [0.29, 0.717) is 28.5 Å².